The highest BCUT2D eigenvalue weighted by Gasteiger charge is 2.08. The van der Waals surface area contributed by atoms with Gasteiger partial charge in [0.15, 0.2) is 0 Å². The summed E-state index contributed by atoms with van der Waals surface area (Å²) in [7, 11) is 3.24. The molecule has 0 fully saturated rings. The monoisotopic (exact) mass is 321 g/mol. The Hall–Kier alpha value is -2.95. The van der Waals surface area contributed by atoms with E-state index in [1.54, 1.807) is 20.4 Å². The van der Waals surface area contributed by atoms with Crippen LogP contribution in [0.3, 0.4) is 0 Å². The number of nitrogens with one attached hydrogen (secondary N) is 1. The maximum atomic E-state index is 11.5. The first kappa shape index (κ1) is 15.9. The van der Waals surface area contributed by atoms with E-state index in [-0.39, 0.29) is 5.91 Å². The van der Waals surface area contributed by atoms with Crippen molar-refractivity contribution in [3.05, 3.63) is 53.7 Å². The molecule has 0 unspecified atom stereocenters. The summed E-state index contributed by atoms with van der Waals surface area (Å²) in [5, 5.41) is 3.70. The molecular weight excluding hydrogens is 302 g/mol. The molecule has 0 spiro atoms. The Kier molecular flexibility index (Phi) is 4.42. The molecule has 5 heteroatoms. The van der Waals surface area contributed by atoms with Gasteiger partial charge in [-0.15, -0.1) is 0 Å². The fourth-order valence-electron chi connectivity index (χ4n) is 2.63. The third-order valence-corrected chi connectivity index (χ3v) is 3.96. The van der Waals surface area contributed by atoms with Crippen LogP contribution >= 0.6 is 0 Å². The SMILES string of the molecule is CNC(=O)Cc1ccc2nc(-c3ccc(OC)nc3)cc(C)c2c1. The molecule has 0 saturated heterocycles. The van der Waals surface area contributed by atoms with Gasteiger partial charge in [0.05, 0.1) is 24.7 Å². The first-order valence-corrected chi connectivity index (χ1v) is 7.72. The number of ether oxygens (including phenoxy) is 1. The minimum Gasteiger partial charge on any atom is -0.481 e. The molecule has 1 amide bonds. The van der Waals surface area contributed by atoms with E-state index in [1.165, 1.54) is 0 Å². The van der Waals surface area contributed by atoms with E-state index in [0.29, 0.717) is 12.3 Å². The van der Waals surface area contributed by atoms with Gasteiger partial charge >= 0.3 is 0 Å². The smallest absolute Gasteiger partial charge is 0.224 e. The number of carbonyl (C=O) groups excluding carboxylic acids is 1. The van der Waals surface area contributed by atoms with Crippen LogP contribution in [0.2, 0.25) is 0 Å². The molecule has 3 rings (SSSR count). The molecular formula is C19H19N3O2. The first-order valence-electron chi connectivity index (χ1n) is 7.72. The van der Waals surface area contributed by atoms with Gasteiger partial charge in [-0.1, -0.05) is 6.07 Å². The second-order valence-electron chi connectivity index (χ2n) is 5.62. The number of aryl methyl sites for hydroxylation is 1. The fourth-order valence-corrected chi connectivity index (χ4v) is 2.63. The molecule has 3 aromatic rings. The topological polar surface area (TPSA) is 64.1 Å². The highest BCUT2D eigenvalue weighted by atomic mass is 16.5. The molecule has 0 atom stereocenters. The van der Waals surface area contributed by atoms with Crippen molar-refractivity contribution in [2.24, 2.45) is 0 Å². The number of carbonyl (C=O) groups is 1. The van der Waals surface area contributed by atoms with Crippen LogP contribution < -0.4 is 10.1 Å². The molecule has 1 N–H and O–H groups in total. The van der Waals surface area contributed by atoms with Crippen molar-refractivity contribution in [3.63, 3.8) is 0 Å². The highest BCUT2D eigenvalue weighted by Crippen LogP contribution is 2.25. The third kappa shape index (κ3) is 3.20. The molecule has 0 radical (unpaired) electrons. The predicted molar refractivity (Wildman–Crippen MR) is 94.0 cm³/mol. The van der Waals surface area contributed by atoms with Gasteiger partial charge in [-0.2, -0.15) is 0 Å². The van der Waals surface area contributed by atoms with E-state index in [9.17, 15) is 4.79 Å². The maximum absolute atomic E-state index is 11.5. The van der Waals surface area contributed by atoms with Crippen LogP contribution in [-0.2, 0) is 11.2 Å². The van der Waals surface area contributed by atoms with Gasteiger partial charge in [-0.05, 0) is 42.3 Å². The number of nitrogens with zero attached hydrogens (tertiary/aromatic N) is 2. The summed E-state index contributed by atoms with van der Waals surface area (Å²) in [4.78, 5) is 20.5. The van der Waals surface area contributed by atoms with Gasteiger partial charge in [-0.25, -0.2) is 9.97 Å². The number of methoxy groups -OCH3 is 1. The van der Waals surface area contributed by atoms with E-state index in [0.717, 1.165) is 33.3 Å². The number of aromatic nitrogens is 2. The van der Waals surface area contributed by atoms with Crippen molar-refractivity contribution >= 4 is 16.8 Å². The lowest BCUT2D eigenvalue weighted by Gasteiger charge is -2.09. The number of hydrogen-bond donors (Lipinski definition) is 1. The lowest BCUT2D eigenvalue weighted by molar-refractivity contribution is -0.119. The van der Waals surface area contributed by atoms with Crippen molar-refractivity contribution < 1.29 is 9.53 Å². The van der Waals surface area contributed by atoms with Crippen LogP contribution in [-0.4, -0.2) is 30.0 Å². The first-order chi connectivity index (χ1) is 11.6. The van der Waals surface area contributed by atoms with Gasteiger partial charge in [0.25, 0.3) is 0 Å². The average Bonchev–Trinajstić information content (AvgIpc) is 2.62. The molecule has 0 saturated carbocycles. The summed E-state index contributed by atoms with van der Waals surface area (Å²) >= 11 is 0. The maximum Gasteiger partial charge on any atom is 0.224 e. The van der Waals surface area contributed by atoms with Crippen molar-refractivity contribution in [3.8, 4) is 17.1 Å². The van der Waals surface area contributed by atoms with E-state index in [2.05, 4.69) is 10.3 Å². The molecule has 1 aromatic carbocycles. The number of benzene rings is 1. The summed E-state index contributed by atoms with van der Waals surface area (Å²) in [6, 6.07) is 11.7. The fraction of sp³-hybridized carbons (Fsp3) is 0.211. The normalized spacial score (nSPS) is 10.6. The Balaban J connectivity index is 2.00. The van der Waals surface area contributed by atoms with E-state index in [1.807, 2.05) is 43.3 Å². The van der Waals surface area contributed by atoms with E-state index >= 15 is 0 Å². The van der Waals surface area contributed by atoms with Gasteiger partial charge in [-0.3, -0.25) is 4.79 Å². The summed E-state index contributed by atoms with van der Waals surface area (Å²) in [6.45, 7) is 2.05. The quantitative estimate of drug-likeness (QED) is 0.802. The lowest BCUT2D eigenvalue weighted by Crippen LogP contribution is -2.19. The number of fused-ring (bicyclic) bond motifs is 1. The minimum atomic E-state index is 0.000824. The second kappa shape index (κ2) is 6.66. The van der Waals surface area contributed by atoms with Crippen LogP contribution in [0.25, 0.3) is 22.2 Å². The molecule has 5 nitrogen and oxygen atoms in total. The Morgan fingerprint density at radius 2 is 2.04 bits per heavy atom. The molecule has 0 aliphatic heterocycles. The summed E-state index contributed by atoms with van der Waals surface area (Å²) in [5.41, 5.74) is 4.81. The molecule has 2 aromatic heterocycles. The number of hydrogen-bond acceptors (Lipinski definition) is 4. The van der Waals surface area contributed by atoms with Crippen LogP contribution in [0, 0.1) is 6.92 Å². The second-order valence-corrected chi connectivity index (χ2v) is 5.62. The van der Waals surface area contributed by atoms with Gasteiger partial charge < -0.3 is 10.1 Å². The summed E-state index contributed by atoms with van der Waals surface area (Å²) in [5.74, 6) is 0.580. The van der Waals surface area contributed by atoms with Crippen LogP contribution in [0.5, 0.6) is 5.88 Å². The Morgan fingerprint density at radius 3 is 2.71 bits per heavy atom. The molecule has 24 heavy (non-hydrogen) atoms. The van der Waals surface area contributed by atoms with Crippen molar-refractivity contribution in [1.29, 1.82) is 0 Å². The van der Waals surface area contributed by atoms with E-state index in [4.69, 9.17) is 9.72 Å². The van der Waals surface area contributed by atoms with Crippen molar-refractivity contribution in [1.82, 2.24) is 15.3 Å². The zero-order chi connectivity index (χ0) is 17.1. The highest BCUT2D eigenvalue weighted by molar-refractivity contribution is 5.87. The largest absolute Gasteiger partial charge is 0.481 e. The van der Waals surface area contributed by atoms with Gasteiger partial charge in [0.1, 0.15) is 0 Å². The van der Waals surface area contributed by atoms with Crippen LogP contribution in [0.4, 0.5) is 0 Å². The minimum absolute atomic E-state index is 0.000824. The zero-order valence-corrected chi connectivity index (χ0v) is 14.0. The average molecular weight is 321 g/mol. The van der Waals surface area contributed by atoms with Crippen molar-refractivity contribution in [2.45, 2.75) is 13.3 Å². The van der Waals surface area contributed by atoms with E-state index < -0.39 is 0 Å². The molecule has 2 heterocycles. The summed E-state index contributed by atoms with van der Waals surface area (Å²) < 4.78 is 5.09. The van der Waals surface area contributed by atoms with Crippen LogP contribution in [0.15, 0.2) is 42.6 Å². The molecule has 0 aliphatic carbocycles. The number of likely N-dealkylation sites (N-methyl/N-ethyl adjacent to an activating group) is 1. The molecule has 0 bridgehead atoms. The number of rotatable bonds is 4. The Bertz CT molecular complexity index is 889. The number of pyridine rings is 2. The summed E-state index contributed by atoms with van der Waals surface area (Å²) in [6.07, 6.45) is 2.13. The number of amides is 1. The standard InChI is InChI=1S/C19H19N3O2/c1-12-8-17(14-5-7-19(24-3)21-11-14)22-16-6-4-13(9-15(12)16)10-18(23)20-2/h4-9,11H,10H2,1-3H3,(H,20,23). The predicted octanol–water partition coefficient (Wildman–Crippen LogP) is 2.90. The lowest BCUT2D eigenvalue weighted by atomic mass is 10.0. The van der Waals surface area contributed by atoms with Crippen LogP contribution in [0.1, 0.15) is 11.1 Å². The third-order valence-electron chi connectivity index (χ3n) is 3.96. The van der Waals surface area contributed by atoms with Crippen molar-refractivity contribution in [2.75, 3.05) is 14.2 Å². The Morgan fingerprint density at radius 1 is 1.21 bits per heavy atom. The molecule has 122 valence electrons. The Labute approximate surface area is 140 Å². The zero-order valence-electron chi connectivity index (χ0n) is 14.0. The van der Waals surface area contributed by atoms with Gasteiger partial charge in [0.2, 0.25) is 11.8 Å². The van der Waals surface area contributed by atoms with Gasteiger partial charge in [0, 0.05) is 30.3 Å². The molecule has 0 aliphatic rings.